The number of nitrogens with one attached hydrogen (secondary N) is 2. The molecule has 5 aromatic rings. The number of benzene rings is 2. The number of alkyl halides is 3. The minimum Gasteiger partial charge on any atom is -0.382 e. The topological polar surface area (TPSA) is 101 Å². The van der Waals surface area contributed by atoms with Crippen molar-refractivity contribution >= 4 is 28.1 Å². The van der Waals surface area contributed by atoms with E-state index >= 15 is 0 Å². The molecule has 0 bridgehead atoms. The summed E-state index contributed by atoms with van der Waals surface area (Å²) in [5.41, 5.74) is 8.94. The molecule has 0 atom stereocenters. The number of para-hydroxylation sites is 1. The second-order valence-corrected chi connectivity index (χ2v) is 10.1. The largest absolute Gasteiger partial charge is 0.416 e. The molecular weight excluding hydrogens is 505 g/mol. The molecule has 1 fully saturated rings. The highest BCUT2D eigenvalue weighted by Crippen LogP contribution is 2.39. The zero-order chi connectivity index (χ0) is 27.1. The first-order valence-corrected chi connectivity index (χ1v) is 12.9. The molecule has 0 saturated heterocycles. The van der Waals surface area contributed by atoms with Crippen LogP contribution in [-0.4, -0.2) is 31.8 Å². The Labute approximate surface area is 222 Å². The molecule has 4 N–H and O–H groups in total. The molecule has 1 aliphatic carbocycles. The van der Waals surface area contributed by atoms with Crippen molar-refractivity contribution in [3.05, 3.63) is 83.9 Å². The molecule has 3 heterocycles. The maximum absolute atomic E-state index is 13.0. The van der Waals surface area contributed by atoms with Gasteiger partial charge in [-0.2, -0.15) is 13.2 Å². The number of nitrogen functional groups attached to an aromatic ring is 1. The van der Waals surface area contributed by atoms with Crippen LogP contribution < -0.4 is 11.1 Å². The van der Waals surface area contributed by atoms with E-state index in [1.54, 1.807) is 6.20 Å². The number of carbonyl (C=O) groups is 1. The molecule has 1 saturated carbocycles. The maximum atomic E-state index is 13.0. The van der Waals surface area contributed by atoms with Crippen molar-refractivity contribution in [2.45, 2.75) is 37.8 Å². The summed E-state index contributed by atoms with van der Waals surface area (Å²) in [5, 5.41) is 3.91. The van der Waals surface area contributed by atoms with Gasteiger partial charge in [0.25, 0.3) is 5.91 Å². The number of nitrogens with zero attached hydrogens (tertiary/aromatic N) is 3. The van der Waals surface area contributed by atoms with Crippen LogP contribution in [0.3, 0.4) is 0 Å². The maximum Gasteiger partial charge on any atom is 0.416 e. The van der Waals surface area contributed by atoms with Gasteiger partial charge in [0.2, 0.25) is 0 Å². The van der Waals surface area contributed by atoms with E-state index in [1.807, 2.05) is 34.9 Å². The number of amides is 1. The molecule has 10 heteroatoms. The Morgan fingerprint density at radius 1 is 1.08 bits per heavy atom. The number of aromatic nitrogens is 4. The molecule has 1 aliphatic rings. The number of nitrogens with two attached hydrogens (primary N) is 1. The normalized spacial score (nSPS) is 18.0. The van der Waals surface area contributed by atoms with E-state index in [4.69, 9.17) is 10.7 Å². The van der Waals surface area contributed by atoms with E-state index in [9.17, 15) is 18.0 Å². The molecule has 1 amide bonds. The van der Waals surface area contributed by atoms with Crippen LogP contribution in [-0.2, 0) is 6.18 Å². The zero-order valence-electron chi connectivity index (χ0n) is 21.0. The van der Waals surface area contributed by atoms with Crippen molar-refractivity contribution in [1.29, 1.82) is 0 Å². The first-order chi connectivity index (χ1) is 18.8. The quantitative estimate of drug-likeness (QED) is 0.252. The molecule has 0 unspecified atom stereocenters. The Kier molecular flexibility index (Phi) is 6.25. The fourth-order valence-electron chi connectivity index (χ4n) is 5.56. The second kappa shape index (κ2) is 9.76. The monoisotopic (exact) mass is 532 g/mol. The lowest BCUT2D eigenvalue weighted by molar-refractivity contribution is -0.137. The van der Waals surface area contributed by atoms with Gasteiger partial charge in [0.15, 0.2) is 0 Å². The van der Waals surface area contributed by atoms with Gasteiger partial charge in [0, 0.05) is 41.3 Å². The Morgan fingerprint density at radius 3 is 2.64 bits per heavy atom. The number of H-pyrrole nitrogens is 1. The van der Waals surface area contributed by atoms with Gasteiger partial charge < -0.3 is 16.0 Å². The second-order valence-electron chi connectivity index (χ2n) is 10.1. The summed E-state index contributed by atoms with van der Waals surface area (Å²) in [6.45, 7) is 0.418. The Hall–Kier alpha value is -4.34. The van der Waals surface area contributed by atoms with Crippen LogP contribution in [0.2, 0.25) is 0 Å². The van der Waals surface area contributed by atoms with Crippen LogP contribution in [0.5, 0.6) is 0 Å². The zero-order valence-corrected chi connectivity index (χ0v) is 21.0. The highest BCUT2D eigenvalue weighted by Gasteiger charge is 2.31. The van der Waals surface area contributed by atoms with Crippen molar-refractivity contribution < 1.29 is 18.0 Å². The molecule has 39 heavy (non-hydrogen) atoms. The number of carbonyl (C=O) groups excluding carboxylic acids is 1. The predicted octanol–water partition coefficient (Wildman–Crippen LogP) is 6.18. The summed E-state index contributed by atoms with van der Waals surface area (Å²) < 4.78 is 41.0. The smallest absolute Gasteiger partial charge is 0.382 e. The molecule has 0 radical (unpaired) electrons. The predicted molar refractivity (Wildman–Crippen MR) is 143 cm³/mol. The molecule has 7 nitrogen and oxygen atoms in total. The molecule has 200 valence electrons. The third-order valence-corrected chi connectivity index (χ3v) is 7.61. The van der Waals surface area contributed by atoms with Crippen molar-refractivity contribution in [2.75, 3.05) is 12.3 Å². The summed E-state index contributed by atoms with van der Waals surface area (Å²) in [5.74, 6) is 1.29. The van der Waals surface area contributed by atoms with Gasteiger partial charge in [0.05, 0.1) is 11.3 Å². The van der Waals surface area contributed by atoms with Crippen LogP contribution in [0.25, 0.3) is 27.8 Å². The third kappa shape index (κ3) is 4.82. The number of aromatic amines is 1. The molecule has 6 rings (SSSR count). The van der Waals surface area contributed by atoms with Gasteiger partial charge in [-0.05, 0) is 61.9 Å². The van der Waals surface area contributed by atoms with Crippen LogP contribution in [0.1, 0.15) is 53.3 Å². The van der Waals surface area contributed by atoms with Crippen molar-refractivity contribution in [3.63, 3.8) is 0 Å². The summed E-state index contributed by atoms with van der Waals surface area (Å²) in [6.07, 6.45) is 2.56. The number of imidazole rings is 1. The number of rotatable bonds is 5. The van der Waals surface area contributed by atoms with Gasteiger partial charge >= 0.3 is 6.18 Å². The van der Waals surface area contributed by atoms with Gasteiger partial charge in [-0.15, -0.1) is 0 Å². The van der Waals surface area contributed by atoms with Gasteiger partial charge in [0.1, 0.15) is 22.9 Å². The summed E-state index contributed by atoms with van der Waals surface area (Å²) in [6, 6.07) is 14.6. The van der Waals surface area contributed by atoms with E-state index in [0.717, 1.165) is 71.4 Å². The molecule has 2 aromatic carbocycles. The molecule has 0 spiro atoms. The number of fused-ring (bicyclic) bond motifs is 2. The number of anilines is 1. The standard InChI is InChI=1S/C29H27F3N6O/c30-29(31,32)21-6-3-5-20(14-21)28(39)35-16-17-8-10-18(11-9-17)27-37-24(25-26(33)34-12-13-38(25)27)23-15-19-4-1-2-7-22(19)36-23/h1-7,12-15,17-18,36H,8-11,16H2,(H2,33,34)(H,35,39). The van der Waals surface area contributed by atoms with Crippen LogP contribution in [0.4, 0.5) is 19.0 Å². The number of halogens is 3. The summed E-state index contributed by atoms with van der Waals surface area (Å²) >= 11 is 0. The minimum absolute atomic E-state index is 0.0121. The molecule has 3 aromatic heterocycles. The lowest BCUT2D eigenvalue weighted by Gasteiger charge is -2.28. The molecule has 0 aliphatic heterocycles. The number of hydrogen-bond acceptors (Lipinski definition) is 4. The fraction of sp³-hybridized carbons (Fsp3) is 0.276. The highest BCUT2D eigenvalue weighted by molar-refractivity contribution is 5.94. The van der Waals surface area contributed by atoms with E-state index < -0.39 is 17.6 Å². The van der Waals surface area contributed by atoms with Crippen LogP contribution in [0.15, 0.2) is 67.0 Å². The number of hydrogen-bond donors (Lipinski definition) is 3. The average Bonchev–Trinajstić information content (AvgIpc) is 3.54. The van der Waals surface area contributed by atoms with Gasteiger partial charge in [-0.25, -0.2) is 9.97 Å². The Balaban J connectivity index is 1.16. The summed E-state index contributed by atoms with van der Waals surface area (Å²) in [4.78, 5) is 25.3. The highest BCUT2D eigenvalue weighted by atomic mass is 19.4. The van der Waals surface area contributed by atoms with E-state index in [1.165, 1.54) is 12.1 Å². The van der Waals surface area contributed by atoms with Crippen molar-refractivity contribution in [1.82, 2.24) is 24.7 Å². The fourth-order valence-corrected chi connectivity index (χ4v) is 5.56. The molecular formula is C29H27F3N6O. The van der Waals surface area contributed by atoms with Crippen LogP contribution in [0, 0.1) is 5.92 Å². The van der Waals surface area contributed by atoms with Crippen molar-refractivity contribution in [3.8, 4) is 11.4 Å². The SMILES string of the molecule is Nc1nccn2c(C3CCC(CNC(=O)c4cccc(C(F)(F)F)c4)CC3)nc(-c3cc4ccccc4[nH]3)c12. The van der Waals surface area contributed by atoms with Crippen molar-refractivity contribution in [2.24, 2.45) is 5.92 Å². The van der Waals surface area contributed by atoms with E-state index in [-0.39, 0.29) is 17.4 Å². The van der Waals surface area contributed by atoms with Crippen LogP contribution >= 0.6 is 0 Å². The lowest BCUT2D eigenvalue weighted by Crippen LogP contribution is -2.31. The summed E-state index contributed by atoms with van der Waals surface area (Å²) in [7, 11) is 0. The Bertz CT molecular complexity index is 1630. The third-order valence-electron chi connectivity index (χ3n) is 7.61. The van der Waals surface area contributed by atoms with E-state index in [2.05, 4.69) is 21.4 Å². The van der Waals surface area contributed by atoms with Gasteiger partial charge in [-0.1, -0.05) is 24.3 Å². The van der Waals surface area contributed by atoms with E-state index in [0.29, 0.717) is 12.4 Å². The average molecular weight is 533 g/mol. The minimum atomic E-state index is -4.49. The first-order valence-electron chi connectivity index (χ1n) is 12.9. The van der Waals surface area contributed by atoms with Gasteiger partial charge in [-0.3, -0.25) is 9.20 Å². The first kappa shape index (κ1) is 25.0. The lowest BCUT2D eigenvalue weighted by atomic mass is 9.81. The Morgan fingerprint density at radius 2 is 1.87 bits per heavy atom.